The topological polar surface area (TPSA) is 46.2 Å². The molecule has 1 aromatic heterocycles. The fourth-order valence-corrected chi connectivity index (χ4v) is 3.58. The van der Waals surface area contributed by atoms with E-state index in [1.807, 2.05) is 12.4 Å². The Morgan fingerprint density at radius 1 is 1.08 bits per heavy atom. The van der Waals surface area contributed by atoms with Crippen molar-refractivity contribution in [1.82, 2.24) is 10.3 Å². The Balaban J connectivity index is 1.33. The lowest BCUT2D eigenvalue weighted by Gasteiger charge is -2.12. The molecule has 1 atom stereocenters. The molecule has 2 aliphatic rings. The van der Waals surface area contributed by atoms with E-state index in [0.717, 1.165) is 44.7 Å². The molecular formula is C20H25N3O. The van der Waals surface area contributed by atoms with Crippen LogP contribution in [0.2, 0.25) is 0 Å². The average Bonchev–Trinajstić information content (AvgIpc) is 3.29. The van der Waals surface area contributed by atoms with E-state index in [2.05, 4.69) is 39.9 Å². The highest BCUT2D eigenvalue weighted by Crippen LogP contribution is 2.24. The Labute approximate surface area is 143 Å². The predicted molar refractivity (Wildman–Crippen MR) is 96.8 cm³/mol. The van der Waals surface area contributed by atoms with Gasteiger partial charge in [-0.15, -0.1) is 0 Å². The average molecular weight is 323 g/mol. The summed E-state index contributed by atoms with van der Waals surface area (Å²) < 4.78 is 5.91. The number of nitrogens with zero attached hydrogens (tertiary/aromatic N) is 1. The standard InChI is InChI=1S/C20H25N3O/c1-2-18(22-8-1)14-24-19-11-16(12-21-13-19)4-3-15-5-6-20-17(10-15)7-9-23-20/h5-6,10-13,18,22-23H,1-4,7-9,14H2/t18-/m0/s1. The number of anilines is 1. The first-order chi connectivity index (χ1) is 11.9. The Hall–Kier alpha value is -2.07. The van der Waals surface area contributed by atoms with Gasteiger partial charge in [-0.3, -0.25) is 4.98 Å². The fraction of sp³-hybridized carbons (Fsp3) is 0.450. The lowest BCUT2D eigenvalue weighted by atomic mass is 10.0. The Morgan fingerprint density at radius 3 is 2.96 bits per heavy atom. The first-order valence-corrected chi connectivity index (χ1v) is 9.02. The van der Waals surface area contributed by atoms with Gasteiger partial charge in [0.25, 0.3) is 0 Å². The van der Waals surface area contributed by atoms with Gasteiger partial charge in [-0.1, -0.05) is 12.1 Å². The van der Waals surface area contributed by atoms with Crippen LogP contribution in [0, 0.1) is 0 Å². The number of aromatic nitrogens is 1. The number of rotatable bonds is 6. The molecule has 0 unspecified atom stereocenters. The third-order valence-electron chi connectivity index (χ3n) is 4.97. The molecule has 0 bridgehead atoms. The minimum absolute atomic E-state index is 0.494. The summed E-state index contributed by atoms with van der Waals surface area (Å²) in [6.45, 7) is 2.92. The van der Waals surface area contributed by atoms with Crippen molar-refractivity contribution >= 4 is 5.69 Å². The van der Waals surface area contributed by atoms with Gasteiger partial charge in [-0.25, -0.2) is 0 Å². The van der Waals surface area contributed by atoms with Crippen molar-refractivity contribution < 1.29 is 4.74 Å². The number of ether oxygens (including phenoxy) is 1. The summed E-state index contributed by atoms with van der Waals surface area (Å²) in [5.41, 5.74) is 5.40. The van der Waals surface area contributed by atoms with Gasteiger partial charge in [0.1, 0.15) is 12.4 Å². The summed E-state index contributed by atoms with van der Waals surface area (Å²) in [4.78, 5) is 4.34. The van der Waals surface area contributed by atoms with Crippen molar-refractivity contribution in [3.63, 3.8) is 0 Å². The highest BCUT2D eigenvalue weighted by molar-refractivity contribution is 5.56. The highest BCUT2D eigenvalue weighted by atomic mass is 16.5. The van der Waals surface area contributed by atoms with Crippen LogP contribution in [0.15, 0.2) is 36.7 Å². The molecule has 2 aliphatic heterocycles. The predicted octanol–water partition coefficient (Wildman–Crippen LogP) is 2.97. The smallest absolute Gasteiger partial charge is 0.137 e. The van der Waals surface area contributed by atoms with Gasteiger partial charge >= 0.3 is 0 Å². The Kier molecular flexibility index (Phi) is 4.65. The van der Waals surface area contributed by atoms with Crippen molar-refractivity contribution in [1.29, 1.82) is 0 Å². The molecule has 4 heteroatoms. The molecule has 0 radical (unpaired) electrons. The second-order valence-electron chi connectivity index (χ2n) is 6.80. The quantitative estimate of drug-likeness (QED) is 0.858. The zero-order valence-electron chi connectivity index (χ0n) is 14.1. The summed E-state index contributed by atoms with van der Waals surface area (Å²) in [5, 5.41) is 6.87. The van der Waals surface area contributed by atoms with Crippen LogP contribution >= 0.6 is 0 Å². The van der Waals surface area contributed by atoms with Crippen molar-refractivity contribution in [2.75, 3.05) is 25.0 Å². The third-order valence-corrected chi connectivity index (χ3v) is 4.97. The Morgan fingerprint density at radius 2 is 2.04 bits per heavy atom. The maximum Gasteiger partial charge on any atom is 0.137 e. The van der Waals surface area contributed by atoms with Crippen molar-refractivity contribution in [2.24, 2.45) is 0 Å². The molecule has 24 heavy (non-hydrogen) atoms. The minimum Gasteiger partial charge on any atom is -0.490 e. The summed E-state index contributed by atoms with van der Waals surface area (Å²) in [6.07, 6.45) is 9.42. The molecule has 126 valence electrons. The van der Waals surface area contributed by atoms with Crippen LogP contribution < -0.4 is 15.4 Å². The van der Waals surface area contributed by atoms with E-state index in [9.17, 15) is 0 Å². The van der Waals surface area contributed by atoms with Crippen LogP contribution in [0.3, 0.4) is 0 Å². The second-order valence-corrected chi connectivity index (χ2v) is 6.80. The van der Waals surface area contributed by atoms with Crippen molar-refractivity contribution in [3.8, 4) is 5.75 Å². The van der Waals surface area contributed by atoms with Gasteiger partial charge in [0, 0.05) is 24.5 Å². The normalized spacial score (nSPS) is 19.1. The third kappa shape index (κ3) is 3.70. The number of aryl methyl sites for hydroxylation is 2. The van der Waals surface area contributed by atoms with Crippen LogP contribution in [-0.4, -0.2) is 30.7 Å². The van der Waals surface area contributed by atoms with Crippen LogP contribution in [0.1, 0.15) is 29.5 Å². The van der Waals surface area contributed by atoms with Crippen LogP contribution in [0.4, 0.5) is 5.69 Å². The van der Waals surface area contributed by atoms with E-state index in [1.165, 1.54) is 35.2 Å². The molecule has 2 aromatic rings. The first-order valence-electron chi connectivity index (χ1n) is 9.02. The van der Waals surface area contributed by atoms with E-state index in [-0.39, 0.29) is 0 Å². The summed E-state index contributed by atoms with van der Waals surface area (Å²) in [7, 11) is 0. The van der Waals surface area contributed by atoms with Crippen molar-refractivity contribution in [2.45, 2.75) is 38.1 Å². The maximum absolute atomic E-state index is 5.91. The zero-order valence-corrected chi connectivity index (χ0v) is 14.1. The van der Waals surface area contributed by atoms with E-state index in [0.29, 0.717) is 6.04 Å². The molecular weight excluding hydrogens is 298 g/mol. The highest BCUT2D eigenvalue weighted by Gasteiger charge is 2.14. The number of fused-ring (bicyclic) bond motifs is 1. The minimum atomic E-state index is 0.494. The van der Waals surface area contributed by atoms with E-state index in [1.54, 1.807) is 0 Å². The van der Waals surface area contributed by atoms with Crippen LogP contribution in [-0.2, 0) is 19.3 Å². The molecule has 4 rings (SSSR count). The molecule has 0 spiro atoms. The van der Waals surface area contributed by atoms with E-state index < -0.39 is 0 Å². The lowest BCUT2D eigenvalue weighted by molar-refractivity contribution is 0.276. The molecule has 1 aromatic carbocycles. The maximum atomic E-state index is 5.91. The van der Waals surface area contributed by atoms with Gasteiger partial charge in [-0.2, -0.15) is 0 Å². The number of hydrogen-bond acceptors (Lipinski definition) is 4. The molecule has 4 nitrogen and oxygen atoms in total. The fourth-order valence-electron chi connectivity index (χ4n) is 3.58. The van der Waals surface area contributed by atoms with Gasteiger partial charge in [0.2, 0.25) is 0 Å². The van der Waals surface area contributed by atoms with Gasteiger partial charge in [-0.05, 0) is 67.5 Å². The largest absolute Gasteiger partial charge is 0.490 e. The zero-order chi connectivity index (χ0) is 16.2. The first kappa shape index (κ1) is 15.5. The van der Waals surface area contributed by atoms with Crippen molar-refractivity contribution in [3.05, 3.63) is 53.3 Å². The van der Waals surface area contributed by atoms with Gasteiger partial charge in [0.05, 0.1) is 6.20 Å². The van der Waals surface area contributed by atoms with Gasteiger partial charge in [0.15, 0.2) is 0 Å². The summed E-state index contributed by atoms with van der Waals surface area (Å²) in [5.74, 6) is 0.888. The second kappa shape index (κ2) is 7.22. The summed E-state index contributed by atoms with van der Waals surface area (Å²) in [6, 6.07) is 9.42. The summed E-state index contributed by atoms with van der Waals surface area (Å²) >= 11 is 0. The molecule has 0 amide bonds. The molecule has 2 N–H and O–H groups in total. The number of nitrogens with one attached hydrogen (secondary N) is 2. The monoisotopic (exact) mass is 323 g/mol. The van der Waals surface area contributed by atoms with Gasteiger partial charge < -0.3 is 15.4 Å². The lowest BCUT2D eigenvalue weighted by Crippen LogP contribution is -2.28. The molecule has 0 saturated carbocycles. The van der Waals surface area contributed by atoms with E-state index >= 15 is 0 Å². The number of pyridine rings is 1. The van der Waals surface area contributed by atoms with Crippen LogP contribution in [0.5, 0.6) is 5.75 Å². The molecule has 0 aliphatic carbocycles. The Bertz CT molecular complexity index is 695. The number of hydrogen-bond donors (Lipinski definition) is 2. The SMILES string of the molecule is c1cc2c(cc1CCc1cncc(OC[C@@H]3CCCN3)c1)CCN2. The van der Waals surface area contributed by atoms with Crippen LogP contribution in [0.25, 0.3) is 0 Å². The number of benzene rings is 1. The molecule has 1 saturated heterocycles. The molecule has 1 fully saturated rings. The molecule has 3 heterocycles. The van der Waals surface area contributed by atoms with E-state index in [4.69, 9.17) is 4.74 Å².